The van der Waals surface area contributed by atoms with Crippen LogP contribution in [0.3, 0.4) is 0 Å². The van der Waals surface area contributed by atoms with Crippen LogP contribution >= 0.6 is 0 Å². The SMILES string of the molecule is O=C1C[C@H]2C[C@@H]1[C@H]1[C@H]3N=N[C@H]([C@@H]4CCC[C@@H]43)[C@@H]21. The third kappa shape index (κ3) is 0.913. The topological polar surface area (TPSA) is 41.8 Å². The average molecular weight is 230 g/mol. The predicted molar refractivity (Wildman–Crippen MR) is 61.5 cm³/mol. The van der Waals surface area contributed by atoms with Gasteiger partial charge in [-0.2, -0.15) is 10.2 Å². The van der Waals surface area contributed by atoms with Crippen LogP contribution in [0.15, 0.2) is 10.2 Å². The second-order valence-electron chi connectivity index (χ2n) is 6.90. The number of hydrogen-bond acceptors (Lipinski definition) is 3. The van der Waals surface area contributed by atoms with Crippen molar-refractivity contribution in [3.05, 3.63) is 0 Å². The van der Waals surface area contributed by atoms with E-state index in [-0.39, 0.29) is 0 Å². The highest BCUT2D eigenvalue weighted by molar-refractivity contribution is 5.85. The van der Waals surface area contributed by atoms with Gasteiger partial charge in [0.25, 0.3) is 0 Å². The molecule has 3 nitrogen and oxygen atoms in total. The molecule has 0 N–H and O–H groups in total. The van der Waals surface area contributed by atoms with E-state index in [2.05, 4.69) is 10.2 Å². The van der Waals surface area contributed by atoms with Gasteiger partial charge in [0.05, 0.1) is 12.1 Å². The molecule has 4 fully saturated rings. The summed E-state index contributed by atoms with van der Waals surface area (Å²) in [5.74, 6) is 4.54. The molecule has 4 saturated carbocycles. The minimum absolute atomic E-state index is 0.373. The van der Waals surface area contributed by atoms with Crippen LogP contribution in [0.4, 0.5) is 0 Å². The Morgan fingerprint density at radius 2 is 1.71 bits per heavy atom. The van der Waals surface area contributed by atoms with Crippen LogP contribution in [-0.2, 0) is 4.79 Å². The number of nitrogens with zero attached hydrogens (tertiary/aromatic N) is 2. The average Bonchev–Trinajstić information content (AvgIpc) is 3.02. The number of ketones is 1. The summed E-state index contributed by atoms with van der Waals surface area (Å²) in [6.07, 6.45) is 6.13. The van der Waals surface area contributed by atoms with Crippen LogP contribution in [0.1, 0.15) is 32.1 Å². The summed E-state index contributed by atoms with van der Waals surface area (Å²) in [7, 11) is 0. The van der Waals surface area contributed by atoms with Gasteiger partial charge in [0.2, 0.25) is 0 Å². The highest BCUT2D eigenvalue weighted by atomic mass is 16.1. The normalized spacial score (nSPS) is 62.0. The van der Waals surface area contributed by atoms with Crippen molar-refractivity contribution in [3.63, 3.8) is 0 Å². The Balaban J connectivity index is 1.63. The van der Waals surface area contributed by atoms with Gasteiger partial charge in [-0.1, -0.05) is 6.42 Å². The van der Waals surface area contributed by atoms with Crippen LogP contribution in [0.5, 0.6) is 0 Å². The summed E-state index contributed by atoms with van der Waals surface area (Å²) in [5.41, 5.74) is 0. The van der Waals surface area contributed by atoms with Crippen molar-refractivity contribution in [1.82, 2.24) is 0 Å². The van der Waals surface area contributed by atoms with E-state index in [0.717, 1.165) is 24.2 Å². The molecule has 17 heavy (non-hydrogen) atoms. The third-order valence-electron chi connectivity index (χ3n) is 6.51. The fourth-order valence-corrected chi connectivity index (χ4v) is 6.09. The molecule has 0 aromatic carbocycles. The first-order valence-corrected chi connectivity index (χ1v) is 7.27. The Hall–Kier alpha value is -0.730. The molecule has 0 saturated heterocycles. The fraction of sp³-hybridized carbons (Fsp3) is 0.929. The van der Waals surface area contributed by atoms with Gasteiger partial charge >= 0.3 is 0 Å². The summed E-state index contributed by atoms with van der Waals surface area (Å²) in [4.78, 5) is 12.0. The summed E-state index contributed by atoms with van der Waals surface area (Å²) in [5, 5.41) is 9.25. The van der Waals surface area contributed by atoms with Crippen molar-refractivity contribution in [1.29, 1.82) is 0 Å². The second-order valence-corrected chi connectivity index (χ2v) is 6.90. The van der Waals surface area contributed by atoms with E-state index in [1.165, 1.54) is 25.7 Å². The minimum Gasteiger partial charge on any atom is -0.299 e. The molecule has 0 aromatic rings. The molecule has 6 aliphatic rings. The van der Waals surface area contributed by atoms with Crippen molar-refractivity contribution in [3.8, 4) is 0 Å². The Morgan fingerprint density at radius 3 is 2.47 bits per heavy atom. The van der Waals surface area contributed by atoms with E-state index in [9.17, 15) is 4.79 Å². The van der Waals surface area contributed by atoms with Gasteiger partial charge in [-0.3, -0.25) is 4.79 Å². The Morgan fingerprint density at radius 1 is 1.00 bits per heavy atom. The van der Waals surface area contributed by atoms with Gasteiger partial charge in [0, 0.05) is 12.3 Å². The quantitative estimate of drug-likeness (QED) is 0.630. The lowest BCUT2D eigenvalue weighted by Gasteiger charge is -2.51. The standard InChI is InChI=1S/C14H18N2O/c17-10-5-6-4-9(10)12-11(6)13-7-2-1-3-8(7)14(12)16-15-13/h6-9,11-14H,1-5H2/t6-,7-,8+,9+,11+,12-,13-,14+/m1/s1. The first-order chi connectivity index (χ1) is 8.34. The molecule has 2 heterocycles. The molecule has 0 aromatic heterocycles. The molecule has 2 aliphatic heterocycles. The number of rotatable bonds is 0. The number of carbonyl (C=O) groups excluding carboxylic acids is 1. The predicted octanol–water partition coefficient (Wildman–Crippen LogP) is 2.46. The highest BCUT2D eigenvalue weighted by Gasteiger charge is 2.65. The van der Waals surface area contributed by atoms with Gasteiger partial charge in [-0.05, 0) is 48.9 Å². The molecule has 90 valence electrons. The smallest absolute Gasteiger partial charge is 0.136 e. The van der Waals surface area contributed by atoms with Crippen molar-refractivity contribution < 1.29 is 4.79 Å². The number of Topliss-reactive ketones (excluding diaryl/α,β-unsaturated/α-hetero) is 1. The largest absolute Gasteiger partial charge is 0.299 e. The van der Waals surface area contributed by atoms with E-state index in [1.807, 2.05) is 0 Å². The Bertz CT molecular complexity index is 432. The molecule has 3 heteroatoms. The summed E-state index contributed by atoms with van der Waals surface area (Å²) < 4.78 is 0. The minimum atomic E-state index is 0.373. The molecular formula is C14H18N2O. The maximum Gasteiger partial charge on any atom is 0.136 e. The molecule has 0 amide bonds. The van der Waals surface area contributed by atoms with E-state index in [1.54, 1.807) is 0 Å². The monoisotopic (exact) mass is 230 g/mol. The summed E-state index contributed by atoms with van der Waals surface area (Å²) in [6.45, 7) is 0. The second kappa shape index (κ2) is 2.81. The van der Waals surface area contributed by atoms with Crippen LogP contribution in [0, 0.1) is 35.5 Å². The highest BCUT2D eigenvalue weighted by Crippen LogP contribution is 2.63. The first kappa shape index (κ1) is 9.23. The summed E-state index contributed by atoms with van der Waals surface area (Å²) in [6, 6.07) is 0.928. The lowest BCUT2D eigenvalue weighted by molar-refractivity contribution is -0.127. The van der Waals surface area contributed by atoms with E-state index >= 15 is 0 Å². The van der Waals surface area contributed by atoms with Crippen molar-refractivity contribution >= 4 is 5.78 Å². The van der Waals surface area contributed by atoms with Gasteiger partial charge in [-0.25, -0.2) is 0 Å². The zero-order valence-electron chi connectivity index (χ0n) is 9.96. The Kier molecular flexibility index (Phi) is 1.53. The van der Waals surface area contributed by atoms with Crippen LogP contribution in [0.2, 0.25) is 0 Å². The molecule has 0 unspecified atom stereocenters. The molecule has 0 spiro atoms. The van der Waals surface area contributed by atoms with Crippen LogP contribution in [-0.4, -0.2) is 17.9 Å². The number of hydrogen-bond donors (Lipinski definition) is 0. The summed E-state index contributed by atoms with van der Waals surface area (Å²) >= 11 is 0. The van der Waals surface area contributed by atoms with Gasteiger partial charge in [0.15, 0.2) is 0 Å². The maximum atomic E-state index is 12.0. The van der Waals surface area contributed by atoms with E-state index in [0.29, 0.717) is 35.6 Å². The van der Waals surface area contributed by atoms with E-state index in [4.69, 9.17) is 0 Å². The molecule has 4 bridgehead atoms. The van der Waals surface area contributed by atoms with Crippen molar-refractivity contribution in [2.24, 2.45) is 45.7 Å². The lowest BCUT2D eigenvalue weighted by atomic mass is 9.58. The van der Waals surface area contributed by atoms with E-state index < -0.39 is 0 Å². The maximum absolute atomic E-state index is 12.0. The first-order valence-electron chi connectivity index (χ1n) is 7.27. The number of azo groups is 1. The zero-order valence-corrected chi connectivity index (χ0v) is 9.96. The van der Waals surface area contributed by atoms with Gasteiger partial charge in [-0.15, -0.1) is 0 Å². The number of carbonyl (C=O) groups is 1. The van der Waals surface area contributed by atoms with Crippen molar-refractivity contribution in [2.75, 3.05) is 0 Å². The lowest BCUT2D eigenvalue weighted by Crippen LogP contribution is -2.55. The van der Waals surface area contributed by atoms with Crippen LogP contribution in [0.25, 0.3) is 0 Å². The molecule has 0 radical (unpaired) electrons. The molecular weight excluding hydrogens is 212 g/mol. The third-order valence-corrected chi connectivity index (χ3v) is 6.51. The van der Waals surface area contributed by atoms with Crippen molar-refractivity contribution in [2.45, 2.75) is 44.2 Å². The zero-order chi connectivity index (χ0) is 11.1. The number of fused-ring (bicyclic) bond motifs is 2. The molecule has 8 atom stereocenters. The fourth-order valence-electron chi connectivity index (χ4n) is 6.09. The van der Waals surface area contributed by atoms with Crippen LogP contribution < -0.4 is 0 Å². The molecule has 4 aliphatic carbocycles. The van der Waals surface area contributed by atoms with Gasteiger partial charge < -0.3 is 0 Å². The van der Waals surface area contributed by atoms with Gasteiger partial charge in [0.1, 0.15) is 5.78 Å². The Labute approximate surface area is 101 Å². The molecule has 6 rings (SSSR count).